The lowest BCUT2D eigenvalue weighted by atomic mass is 10.1. The number of rotatable bonds is 8. The highest BCUT2D eigenvalue weighted by molar-refractivity contribution is 5.81. The molecule has 0 saturated carbocycles. The second-order valence-corrected chi connectivity index (χ2v) is 6.09. The Labute approximate surface area is 139 Å². The smallest absolute Gasteiger partial charge is 0.237 e. The molecule has 1 rings (SSSR count). The number of carbonyl (C=O) groups is 1. The van der Waals surface area contributed by atoms with Crippen molar-refractivity contribution in [2.45, 2.75) is 46.1 Å². The molecule has 1 atom stereocenters. The van der Waals surface area contributed by atoms with Gasteiger partial charge in [0.15, 0.2) is 0 Å². The van der Waals surface area contributed by atoms with Crippen LogP contribution in [0.25, 0.3) is 0 Å². The van der Waals surface area contributed by atoms with E-state index < -0.39 is 6.04 Å². The highest BCUT2D eigenvalue weighted by Crippen LogP contribution is 2.11. The average molecular weight is 316 g/mol. The van der Waals surface area contributed by atoms with E-state index in [9.17, 15) is 9.90 Å². The number of carbonyl (C=O) groups excluding carboxylic acids is 1. The Bertz CT molecular complexity index is 555. The average Bonchev–Trinajstić information content (AvgIpc) is 2.49. The SMILES string of the molecule is CC(C)=CCC/C(C)=C/CNC(=O)C(N)Cc1ccc(O)cc1. The summed E-state index contributed by atoms with van der Waals surface area (Å²) in [5, 5.41) is 12.1. The van der Waals surface area contributed by atoms with E-state index in [2.05, 4.69) is 32.2 Å². The summed E-state index contributed by atoms with van der Waals surface area (Å²) < 4.78 is 0. The molecule has 0 saturated heterocycles. The number of hydrogen-bond donors (Lipinski definition) is 3. The maximum absolute atomic E-state index is 12.0. The van der Waals surface area contributed by atoms with Crippen molar-refractivity contribution in [2.75, 3.05) is 6.54 Å². The molecule has 4 nitrogen and oxygen atoms in total. The lowest BCUT2D eigenvalue weighted by Gasteiger charge is -2.11. The molecular weight excluding hydrogens is 288 g/mol. The molecular formula is C19H28N2O2. The minimum absolute atomic E-state index is 0.161. The maximum atomic E-state index is 12.0. The number of aromatic hydroxyl groups is 1. The van der Waals surface area contributed by atoms with Gasteiger partial charge in [0.2, 0.25) is 5.91 Å². The predicted molar refractivity (Wildman–Crippen MR) is 95.2 cm³/mol. The largest absolute Gasteiger partial charge is 0.508 e. The van der Waals surface area contributed by atoms with Crippen LogP contribution in [0.15, 0.2) is 47.6 Å². The molecule has 23 heavy (non-hydrogen) atoms. The fourth-order valence-electron chi connectivity index (χ4n) is 2.13. The molecule has 0 aliphatic rings. The number of amides is 1. The van der Waals surface area contributed by atoms with Crippen molar-refractivity contribution in [3.05, 3.63) is 53.1 Å². The highest BCUT2D eigenvalue weighted by atomic mass is 16.3. The molecule has 0 spiro atoms. The topological polar surface area (TPSA) is 75.4 Å². The number of nitrogens with two attached hydrogens (primary N) is 1. The molecule has 1 aromatic rings. The molecule has 126 valence electrons. The monoisotopic (exact) mass is 316 g/mol. The van der Waals surface area contributed by atoms with E-state index in [4.69, 9.17) is 5.73 Å². The van der Waals surface area contributed by atoms with Crippen molar-refractivity contribution in [3.8, 4) is 5.75 Å². The maximum Gasteiger partial charge on any atom is 0.237 e. The Morgan fingerprint density at radius 3 is 2.48 bits per heavy atom. The van der Waals surface area contributed by atoms with Crippen LogP contribution in [0, 0.1) is 0 Å². The van der Waals surface area contributed by atoms with E-state index in [1.807, 2.05) is 6.08 Å². The van der Waals surface area contributed by atoms with Crippen LogP contribution in [0.1, 0.15) is 39.2 Å². The van der Waals surface area contributed by atoms with Gasteiger partial charge in [-0.2, -0.15) is 0 Å². The van der Waals surface area contributed by atoms with Gasteiger partial charge in [0, 0.05) is 6.54 Å². The first-order valence-electron chi connectivity index (χ1n) is 7.98. The summed E-state index contributed by atoms with van der Waals surface area (Å²) in [6.07, 6.45) is 6.72. The van der Waals surface area contributed by atoms with Crippen molar-refractivity contribution in [1.29, 1.82) is 0 Å². The molecule has 0 fully saturated rings. The number of nitrogens with one attached hydrogen (secondary N) is 1. The van der Waals surface area contributed by atoms with Crippen LogP contribution in [-0.4, -0.2) is 23.6 Å². The van der Waals surface area contributed by atoms with Crippen molar-refractivity contribution in [3.63, 3.8) is 0 Å². The van der Waals surface area contributed by atoms with Gasteiger partial charge in [-0.15, -0.1) is 0 Å². The lowest BCUT2D eigenvalue weighted by molar-refractivity contribution is -0.122. The number of hydrogen-bond acceptors (Lipinski definition) is 3. The van der Waals surface area contributed by atoms with E-state index in [0.717, 1.165) is 18.4 Å². The Kier molecular flexibility index (Phi) is 8.13. The van der Waals surface area contributed by atoms with Gasteiger partial charge >= 0.3 is 0 Å². The number of benzene rings is 1. The first-order valence-corrected chi connectivity index (χ1v) is 7.98. The van der Waals surface area contributed by atoms with Gasteiger partial charge in [-0.1, -0.05) is 35.4 Å². The summed E-state index contributed by atoms with van der Waals surface area (Å²) in [6.45, 7) is 6.76. The highest BCUT2D eigenvalue weighted by Gasteiger charge is 2.13. The molecule has 1 unspecified atom stereocenters. The van der Waals surface area contributed by atoms with Gasteiger partial charge in [0.05, 0.1) is 6.04 Å². The van der Waals surface area contributed by atoms with Crippen LogP contribution >= 0.6 is 0 Å². The Balaban J connectivity index is 2.34. The van der Waals surface area contributed by atoms with Crippen LogP contribution in [0.4, 0.5) is 0 Å². The standard InChI is InChI=1S/C19H28N2O2/c1-14(2)5-4-6-15(3)11-12-21-19(23)18(20)13-16-7-9-17(22)10-8-16/h5,7-11,18,22H,4,6,12-13,20H2,1-3H3,(H,21,23)/b15-11+. The zero-order valence-electron chi connectivity index (χ0n) is 14.3. The molecule has 4 N–H and O–H groups in total. The summed E-state index contributed by atoms with van der Waals surface area (Å²) in [7, 11) is 0. The van der Waals surface area contributed by atoms with Crippen molar-refractivity contribution in [2.24, 2.45) is 5.73 Å². The second kappa shape index (κ2) is 9.85. The van der Waals surface area contributed by atoms with Crippen molar-refractivity contribution in [1.82, 2.24) is 5.32 Å². The molecule has 0 aromatic heterocycles. The molecule has 1 amide bonds. The predicted octanol–water partition coefficient (Wildman–Crippen LogP) is 3.07. The van der Waals surface area contributed by atoms with Crippen LogP contribution in [0.2, 0.25) is 0 Å². The van der Waals surface area contributed by atoms with E-state index in [0.29, 0.717) is 13.0 Å². The van der Waals surface area contributed by atoms with Crippen LogP contribution < -0.4 is 11.1 Å². The van der Waals surface area contributed by atoms with Gasteiger partial charge in [-0.25, -0.2) is 0 Å². The lowest BCUT2D eigenvalue weighted by Crippen LogP contribution is -2.42. The Morgan fingerprint density at radius 1 is 1.22 bits per heavy atom. The van der Waals surface area contributed by atoms with E-state index >= 15 is 0 Å². The minimum Gasteiger partial charge on any atom is -0.508 e. The summed E-state index contributed by atoms with van der Waals surface area (Å²) in [6, 6.07) is 6.15. The first-order chi connectivity index (χ1) is 10.9. The molecule has 0 aliphatic heterocycles. The summed E-state index contributed by atoms with van der Waals surface area (Å²) in [5.41, 5.74) is 9.43. The fourth-order valence-corrected chi connectivity index (χ4v) is 2.13. The number of phenolic OH excluding ortho intramolecular Hbond substituents is 1. The van der Waals surface area contributed by atoms with Crippen LogP contribution in [0.3, 0.4) is 0 Å². The second-order valence-electron chi connectivity index (χ2n) is 6.09. The molecule has 4 heteroatoms. The van der Waals surface area contributed by atoms with Gasteiger partial charge in [-0.3, -0.25) is 4.79 Å². The van der Waals surface area contributed by atoms with Gasteiger partial charge in [0.25, 0.3) is 0 Å². The molecule has 0 radical (unpaired) electrons. The third-order valence-electron chi connectivity index (χ3n) is 3.55. The zero-order valence-corrected chi connectivity index (χ0v) is 14.3. The summed E-state index contributed by atoms with van der Waals surface area (Å²) in [4.78, 5) is 12.0. The molecule has 0 bridgehead atoms. The Hall–Kier alpha value is -2.07. The normalized spacial score (nSPS) is 12.6. The molecule has 1 aromatic carbocycles. The van der Waals surface area contributed by atoms with Gasteiger partial charge in [0.1, 0.15) is 5.75 Å². The van der Waals surface area contributed by atoms with E-state index in [1.54, 1.807) is 24.3 Å². The summed E-state index contributed by atoms with van der Waals surface area (Å²) >= 11 is 0. The summed E-state index contributed by atoms with van der Waals surface area (Å²) in [5.74, 6) is 0.0481. The first kappa shape index (κ1) is 19.0. The fraction of sp³-hybridized carbons (Fsp3) is 0.421. The van der Waals surface area contributed by atoms with Crippen molar-refractivity contribution >= 4 is 5.91 Å². The van der Waals surface area contributed by atoms with Gasteiger partial charge < -0.3 is 16.2 Å². The molecule has 0 heterocycles. The number of phenols is 1. The number of allylic oxidation sites excluding steroid dienone is 3. The Morgan fingerprint density at radius 2 is 1.87 bits per heavy atom. The van der Waals surface area contributed by atoms with Crippen molar-refractivity contribution < 1.29 is 9.90 Å². The van der Waals surface area contributed by atoms with Crippen LogP contribution in [-0.2, 0) is 11.2 Å². The minimum atomic E-state index is -0.584. The van der Waals surface area contributed by atoms with Crippen LogP contribution in [0.5, 0.6) is 5.75 Å². The zero-order chi connectivity index (χ0) is 17.2. The van der Waals surface area contributed by atoms with E-state index in [1.165, 1.54) is 11.1 Å². The third kappa shape index (κ3) is 8.21. The van der Waals surface area contributed by atoms with E-state index in [-0.39, 0.29) is 11.7 Å². The third-order valence-corrected chi connectivity index (χ3v) is 3.55. The van der Waals surface area contributed by atoms with Gasteiger partial charge in [-0.05, 0) is 57.7 Å². The quantitative estimate of drug-likeness (QED) is 0.645. The molecule has 0 aliphatic carbocycles.